The lowest BCUT2D eigenvalue weighted by molar-refractivity contribution is 0.251. The van der Waals surface area contributed by atoms with E-state index in [2.05, 4.69) is 13.0 Å². The molecule has 86 valence electrons. The smallest absolute Gasteiger partial charge is 0.0844 e. The number of hydrogen-bond acceptors (Lipinski definition) is 2. The third kappa shape index (κ3) is 2.84. The van der Waals surface area contributed by atoms with Crippen LogP contribution in [0.15, 0.2) is 30.3 Å². The quantitative estimate of drug-likeness (QED) is 0.796. The van der Waals surface area contributed by atoms with Crippen molar-refractivity contribution in [3.05, 3.63) is 35.9 Å². The molecule has 0 saturated heterocycles. The van der Waals surface area contributed by atoms with Crippen molar-refractivity contribution < 1.29 is 5.11 Å². The highest BCUT2D eigenvalue weighted by Crippen LogP contribution is 2.32. The molecule has 0 bridgehead atoms. The molecule has 1 rings (SSSR count). The first-order valence-electron chi connectivity index (χ1n) is 5.86. The van der Waals surface area contributed by atoms with E-state index < -0.39 is 5.41 Å². The second kappa shape index (κ2) is 6.30. The Morgan fingerprint density at radius 1 is 1.25 bits per heavy atom. The van der Waals surface area contributed by atoms with Crippen LogP contribution >= 0.6 is 0 Å². The lowest BCUT2D eigenvalue weighted by atomic mass is 9.75. The minimum atomic E-state index is -0.508. The summed E-state index contributed by atoms with van der Waals surface area (Å²) in [6, 6.07) is 12.2. The van der Waals surface area contributed by atoms with E-state index in [9.17, 15) is 5.26 Å². The molecule has 0 fully saturated rings. The molecule has 1 aromatic carbocycles. The number of unbranched alkanes of at least 4 members (excludes halogenated alkanes) is 1. The van der Waals surface area contributed by atoms with Gasteiger partial charge in [0.05, 0.1) is 11.5 Å². The fourth-order valence-electron chi connectivity index (χ4n) is 2.02. The zero-order chi connectivity index (χ0) is 11.9. The molecule has 0 radical (unpaired) electrons. The molecule has 2 nitrogen and oxygen atoms in total. The van der Waals surface area contributed by atoms with E-state index in [1.807, 2.05) is 30.3 Å². The minimum Gasteiger partial charge on any atom is -0.396 e. The molecule has 1 N–H and O–H groups in total. The molecule has 1 unspecified atom stereocenters. The fraction of sp³-hybridized carbons (Fsp3) is 0.500. The number of hydrogen-bond donors (Lipinski definition) is 1. The van der Waals surface area contributed by atoms with Gasteiger partial charge in [0.2, 0.25) is 0 Å². The van der Waals surface area contributed by atoms with Crippen molar-refractivity contribution in [2.24, 2.45) is 0 Å². The number of benzene rings is 1. The van der Waals surface area contributed by atoms with Gasteiger partial charge in [0.15, 0.2) is 0 Å². The SMILES string of the molecule is CCCCC(C#N)(CCO)c1ccccc1. The average Bonchev–Trinajstić information content (AvgIpc) is 2.36. The van der Waals surface area contributed by atoms with E-state index in [0.717, 1.165) is 24.8 Å². The number of nitriles is 1. The van der Waals surface area contributed by atoms with Crippen molar-refractivity contribution in [3.63, 3.8) is 0 Å². The van der Waals surface area contributed by atoms with Crippen LogP contribution in [0.4, 0.5) is 0 Å². The van der Waals surface area contributed by atoms with E-state index in [0.29, 0.717) is 6.42 Å². The molecule has 16 heavy (non-hydrogen) atoms. The second-order valence-corrected chi connectivity index (χ2v) is 4.14. The van der Waals surface area contributed by atoms with E-state index in [-0.39, 0.29) is 6.61 Å². The van der Waals surface area contributed by atoms with Gasteiger partial charge in [-0.3, -0.25) is 0 Å². The maximum Gasteiger partial charge on any atom is 0.0844 e. The monoisotopic (exact) mass is 217 g/mol. The maximum atomic E-state index is 9.43. The summed E-state index contributed by atoms with van der Waals surface area (Å²) in [5, 5.41) is 18.6. The normalized spacial score (nSPS) is 14.1. The Hall–Kier alpha value is -1.33. The summed E-state index contributed by atoms with van der Waals surface area (Å²) < 4.78 is 0. The van der Waals surface area contributed by atoms with E-state index in [1.54, 1.807) is 0 Å². The van der Waals surface area contributed by atoms with Crippen LogP contribution in [0.25, 0.3) is 0 Å². The highest BCUT2D eigenvalue weighted by atomic mass is 16.3. The van der Waals surface area contributed by atoms with Crippen molar-refractivity contribution in [1.82, 2.24) is 0 Å². The fourth-order valence-corrected chi connectivity index (χ4v) is 2.02. The van der Waals surface area contributed by atoms with E-state index >= 15 is 0 Å². The first-order chi connectivity index (χ1) is 7.79. The summed E-state index contributed by atoms with van der Waals surface area (Å²) in [6.07, 6.45) is 3.43. The van der Waals surface area contributed by atoms with Gasteiger partial charge in [0.1, 0.15) is 0 Å². The highest BCUT2D eigenvalue weighted by Gasteiger charge is 2.30. The van der Waals surface area contributed by atoms with Crippen LogP contribution in [0.5, 0.6) is 0 Å². The largest absolute Gasteiger partial charge is 0.396 e. The Morgan fingerprint density at radius 3 is 2.44 bits per heavy atom. The van der Waals surface area contributed by atoms with Gasteiger partial charge in [0, 0.05) is 6.61 Å². The van der Waals surface area contributed by atoms with Gasteiger partial charge in [-0.1, -0.05) is 50.1 Å². The minimum absolute atomic E-state index is 0.0617. The highest BCUT2D eigenvalue weighted by molar-refractivity contribution is 5.32. The zero-order valence-electron chi connectivity index (χ0n) is 9.82. The summed E-state index contributed by atoms with van der Waals surface area (Å²) in [5.41, 5.74) is 0.520. The Morgan fingerprint density at radius 2 is 1.94 bits per heavy atom. The van der Waals surface area contributed by atoms with Crippen molar-refractivity contribution in [3.8, 4) is 6.07 Å². The number of rotatable bonds is 6. The van der Waals surface area contributed by atoms with Crippen LogP contribution in [0.1, 0.15) is 38.2 Å². The third-order valence-corrected chi connectivity index (χ3v) is 3.04. The van der Waals surface area contributed by atoms with Gasteiger partial charge in [-0.05, 0) is 18.4 Å². The van der Waals surface area contributed by atoms with E-state index in [4.69, 9.17) is 5.11 Å². The first kappa shape index (κ1) is 12.7. The summed E-state index contributed by atoms with van der Waals surface area (Å²) in [6.45, 7) is 2.18. The van der Waals surface area contributed by atoms with Gasteiger partial charge in [-0.15, -0.1) is 0 Å². The van der Waals surface area contributed by atoms with Gasteiger partial charge in [-0.25, -0.2) is 0 Å². The molecule has 0 aliphatic rings. The predicted molar refractivity (Wildman–Crippen MR) is 65.0 cm³/mol. The van der Waals surface area contributed by atoms with E-state index in [1.165, 1.54) is 0 Å². The van der Waals surface area contributed by atoms with Gasteiger partial charge >= 0.3 is 0 Å². The average molecular weight is 217 g/mol. The Kier molecular flexibility index (Phi) is 5.01. The molecule has 2 heteroatoms. The molecule has 1 atom stereocenters. The van der Waals surface area contributed by atoms with Gasteiger partial charge in [-0.2, -0.15) is 5.26 Å². The van der Waals surface area contributed by atoms with Crippen molar-refractivity contribution in [2.45, 2.75) is 38.0 Å². The van der Waals surface area contributed by atoms with Crippen LogP contribution in [0, 0.1) is 11.3 Å². The Labute approximate surface area is 97.5 Å². The number of nitrogens with zero attached hydrogens (tertiary/aromatic N) is 1. The van der Waals surface area contributed by atoms with Crippen LogP contribution in [0.3, 0.4) is 0 Å². The number of aliphatic hydroxyl groups excluding tert-OH is 1. The standard InChI is InChI=1S/C14H19NO/c1-2-3-9-14(12-15,10-11-16)13-7-5-4-6-8-13/h4-8,16H,2-3,9-11H2,1H3. The molecular formula is C14H19NO. The first-order valence-corrected chi connectivity index (χ1v) is 5.86. The maximum absolute atomic E-state index is 9.43. The molecule has 0 aromatic heterocycles. The second-order valence-electron chi connectivity index (χ2n) is 4.14. The molecule has 0 amide bonds. The topological polar surface area (TPSA) is 44.0 Å². The number of aliphatic hydroxyl groups is 1. The zero-order valence-corrected chi connectivity index (χ0v) is 9.82. The summed E-state index contributed by atoms with van der Waals surface area (Å²) in [4.78, 5) is 0. The molecule has 0 aliphatic heterocycles. The molecule has 0 spiro atoms. The lowest BCUT2D eigenvalue weighted by Gasteiger charge is -2.26. The summed E-state index contributed by atoms with van der Waals surface area (Å²) >= 11 is 0. The predicted octanol–water partition coefficient (Wildman–Crippen LogP) is 3.02. The van der Waals surface area contributed by atoms with Crippen molar-refractivity contribution in [2.75, 3.05) is 6.61 Å². The van der Waals surface area contributed by atoms with Crippen LogP contribution in [-0.2, 0) is 5.41 Å². The van der Waals surface area contributed by atoms with Crippen LogP contribution in [-0.4, -0.2) is 11.7 Å². The van der Waals surface area contributed by atoms with Crippen molar-refractivity contribution in [1.29, 1.82) is 5.26 Å². The molecular weight excluding hydrogens is 198 g/mol. The Bertz CT molecular complexity index is 342. The van der Waals surface area contributed by atoms with Crippen LogP contribution in [0.2, 0.25) is 0 Å². The molecule has 0 aliphatic carbocycles. The third-order valence-electron chi connectivity index (χ3n) is 3.04. The molecule has 0 saturated carbocycles. The summed E-state index contributed by atoms with van der Waals surface area (Å²) in [7, 11) is 0. The van der Waals surface area contributed by atoms with Gasteiger partial charge < -0.3 is 5.11 Å². The van der Waals surface area contributed by atoms with Crippen LogP contribution < -0.4 is 0 Å². The van der Waals surface area contributed by atoms with Gasteiger partial charge in [0.25, 0.3) is 0 Å². The molecule has 0 heterocycles. The lowest BCUT2D eigenvalue weighted by Crippen LogP contribution is -2.25. The summed E-state index contributed by atoms with van der Waals surface area (Å²) in [5.74, 6) is 0. The van der Waals surface area contributed by atoms with Crippen molar-refractivity contribution >= 4 is 0 Å². The molecule has 1 aromatic rings. The Balaban J connectivity index is 2.98.